The van der Waals surface area contributed by atoms with Crippen LogP contribution in [0.15, 0.2) is 28.7 Å². The highest BCUT2D eigenvalue weighted by molar-refractivity contribution is 9.10. The molecule has 3 rings (SSSR count). The lowest BCUT2D eigenvalue weighted by atomic mass is 9.95. The summed E-state index contributed by atoms with van der Waals surface area (Å²) in [6.45, 7) is 4.04. The number of piperidine rings is 1. The molecule has 0 spiro atoms. The number of benzene rings is 1. The largest absolute Gasteiger partial charge is 0.388 e. The Hall–Kier alpha value is -1.40. The van der Waals surface area contributed by atoms with E-state index in [2.05, 4.69) is 15.9 Å². The van der Waals surface area contributed by atoms with Gasteiger partial charge in [0.15, 0.2) is 0 Å². The predicted molar refractivity (Wildman–Crippen MR) is 94.6 cm³/mol. The summed E-state index contributed by atoms with van der Waals surface area (Å²) in [5.74, 6) is 0.119. The van der Waals surface area contributed by atoms with Crippen LogP contribution in [-0.4, -0.2) is 58.5 Å². The number of nitrogens with zero attached hydrogens (tertiary/aromatic N) is 2. The molecule has 2 saturated heterocycles. The number of β-amino-alcohol motifs (C(OH)–C–C–N with tert-alkyl or cyclic N) is 1. The Morgan fingerprint density at radius 3 is 2.29 bits per heavy atom. The number of hydrogen-bond acceptors (Lipinski definition) is 3. The van der Waals surface area contributed by atoms with E-state index in [1.165, 1.54) is 0 Å². The van der Waals surface area contributed by atoms with E-state index in [0.717, 1.165) is 4.47 Å². The van der Waals surface area contributed by atoms with Gasteiger partial charge in [-0.3, -0.25) is 9.59 Å². The van der Waals surface area contributed by atoms with Crippen LogP contribution in [0, 0.1) is 5.92 Å². The van der Waals surface area contributed by atoms with Crippen LogP contribution in [0.3, 0.4) is 0 Å². The van der Waals surface area contributed by atoms with Crippen molar-refractivity contribution >= 4 is 27.7 Å². The lowest BCUT2D eigenvalue weighted by molar-refractivity contribution is -0.136. The first kappa shape index (κ1) is 17.4. The van der Waals surface area contributed by atoms with Gasteiger partial charge in [-0.25, -0.2) is 0 Å². The number of carbonyl (C=O) groups excluding carboxylic acids is 2. The van der Waals surface area contributed by atoms with E-state index in [1.807, 2.05) is 29.2 Å². The van der Waals surface area contributed by atoms with Crippen LogP contribution in [0.1, 0.15) is 36.5 Å². The smallest absolute Gasteiger partial charge is 0.253 e. The molecule has 0 aromatic heterocycles. The van der Waals surface area contributed by atoms with Gasteiger partial charge >= 0.3 is 0 Å². The number of amides is 2. The molecule has 24 heavy (non-hydrogen) atoms. The third-order valence-electron chi connectivity index (χ3n) is 4.99. The van der Waals surface area contributed by atoms with Crippen molar-refractivity contribution in [1.82, 2.24) is 9.80 Å². The molecule has 1 aromatic rings. The molecule has 5 nitrogen and oxygen atoms in total. The molecular weight excluding hydrogens is 372 g/mol. The van der Waals surface area contributed by atoms with Crippen LogP contribution in [0.4, 0.5) is 0 Å². The summed E-state index contributed by atoms with van der Waals surface area (Å²) < 4.78 is 0.949. The molecule has 2 heterocycles. The molecule has 0 bridgehead atoms. The van der Waals surface area contributed by atoms with Crippen molar-refractivity contribution in [3.05, 3.63) is 34.3 Å². The maximum atomic E-state index is 12.6. The van der Waals surface area contributed by atoms with E-state index in [1.54, 1.807) is 11.8 Å². The first-order chi connectivity index (χ1) is 11.4. The van der Waals surface area contributed by atoms with Crippen molar-refractivity contribution in [1.29, 1.82) is 0 Å². The molecule has 0 unspecified atom stereocenters. The Morgan fingerprint density at radius 2 is 1.75 bits per heavy atom. The Kier molecular flexibility index (Phi) is 4.97. The molecule has 2 amide bonds. The first-order valence-electron chi connectivity index (χ1n) is 8.42. The van der Waals surface area contributed by atoms with Crippen LogP contribution in [0.2, 0.25) is 0 Å². The van der Waals surface area contributed by atoms with E-state index >= 15 is 0 Å². The Morgan fingerprint density at radius 1 is 1.12 bits per heavy atom. The van der Waals surface area contributed by atoms with Gasteiger partial charge in [-0.15, -0.1) is 0 Å². The minimum absolute atomic E-state index is 0.0255. The van der Waals surface area contributed by atoms with Crippen molar-refractivity contribution in [2.75, 3.05) is 26.2 Å². The van der Waals surface area contributed by atoms with Gasteiger partial charge in [0.1, 0.15) is 0 Å². The quantitative estimate of drug-likeness (QED) is 0.836. The van der Waals surface area contributed by atoms with Crippen molar-refractivity contribution < 1.29 is 14.7 Å². The van der Waals surface area contributed by atoms with Crippen molar-refractivity contribution in [2.45, 2.75) is 31.8 Å². The molecule has 0 aliphatic carbocycles. The molecule has 0 radical (unpaired) electrons. The SMILES string of the molecule is C[C@]1(O)CCN(C(=O)C2CCN(C(=O)c3ccc(Br)cc3)CC2)C1. The minimum Gasteiger partial charge on any atom is -0.388 e. The molecule has 130 valence electrons. The predicted octanol–water partition coefficient (Wildman–Crippen LogP) is 2.28. The summed E-state index contributed by atoms with van der Waals surface area (Å²) >= 11 is 3.37. The second kappa shape index (κ2) is 6.84. The van der Waals surface area contributed by atoms with E-state index in [-0.39, 0.29) is 17.7 Å². The van der Waals surface area contributed by atoms with Crippen LogP contribution in [0.25, 0.3) is 0 Å². The molecule has 2 aliphatic rings. The minimum atomic E-state index is -0.756. The van der Waals surface area contributed by atoms with Gasteiger partial charge in [0.25, 0.3) is 5.91 Å². The van der Waals surface area contributed by atoms with Gasteiger partial charge in [-0.2, -0.15) is 0 Å². The van der Waals surface area contributed by atoms with E-state index in [0.29, 0.717) is 51.0 Å². The number of hydrogen-bond donors (Lipinski definition) is 1. The van der Waals surface area contributed by atoms with Gasteiger partial charge < -0.3 is 14.9 Å². The summed E-state index contributed by atoms with van der Waals surface area (Å²) in [6, 6.07) is 7.36. The number of rotatable bonds is 2. The number of likely N-dealkylation sites (tertiary alicyclic amines) is 2. The second-order valence-corrected chi connectivity index (χ2v) is 8.00. The number of halogens is 1. The van der Waals surface area contributed by atoms with Crippen LogP contribution < -0.4 is 0 Å². The Bertz CT molecular complexity index is 622. The molecule has 1 N–H and O–H groups in total. The van der Waals surface area contributed by atoms with Crippen molar-refractivity contribution in [2.24, 2.45) is 5.92 Å². The summed E-state index contributed by atoms with van der Waals surface area (Å²) in [5.41, 5.74) is -0.0768. The highest BCUT2D eigenvalue weighted by atomic mass is 79.9. The fourth-order valence-corrected chi connectivity index (χ4v) is 3.76. The van der Waals surface area contributed by atoms with Crippen LogP contribution in [0.5, 0.6) is 0 Å². The molecule has 6 heteroatoms. The van der Waals surface area contributed by atoms with Crippen molar-refractivity contribution in [3.8, 4) is 0 Å². The lowest BCUT2D eigenvalue weighted by Crippen LogP contribution is -2.44. The molecule has 0 saturated carbocycles. The average molecular weight is 395 g/mol. The summed E-state index contributed by atoms with van der Waals surface area (Å²) in [7, 11) is 0. The molecule has 2 fully saturated rings. The molecule has 2 aliphatic heterocycles. The highest BCUT2D eigenvalue weighted by Gasteiger charge is 2.37. The zero-order valence-corrected chi connectivity index (χ0v) is 15.5. The first-order valence-corrected chi connectivity index (χ1v) is 9.21. The second-order valence-electron chi connectivity index (χ2n) is 7.08. The zero-order chi connectivity index (χ0) is 17.3. The average Bonchev–Trinajstić information content (AvgIpc) is 2.94. The Labute approximate surface area is 150 Å². The van der Waals surface area contributed by atoms with Crippen molar-refractivity contribution in [3.63, 3.8) is 0 Å². The standard InChI is InChI=1S/C18H23BrN2O3/c1-18(24)8-11-21(12-18)17(23)14-6-9-20(10-7-14)16(22)13-2-4-15(19)5-3-13/h2-5,14,24H,6-12H2,1H3/t18-/m0/s1. The highest BCUT2D eigenvalue weighted by Crippen LogP contribution is 2.26. The lowest BCUT2D eigenvalue weighted by Gasteiger charge is -2.33. The van der Waals surface area contributed by atoms with Gasteiger partial charge in [-0.1, -0.05) is 15.9 Å². The third-order valence-corrected chi connectivity index (χ3v) is 5.51. The molecule has 1 atom stereocenters. The molecular formula is C18H23BrN2O3. The summed E-state index contributed by atoms with van der Waals surface area (Å²) in [6.07, 6.45) is 2.03. The van der Waals surface area contributed by atoms with Gasteiger partial charge in [0, 0.05) is 42.1 Å². The summed E-state index contributed by atoms with van der Waals surface area (Å²) in [4.78, 5) is 28.7. The zero-order valence-electron chi connectivity index (χ0n) is 13.9. The Balaban J connectivity index is 1.55. The topological polar surface area (TPSA) is 60.9 Å². The third kappa shape index (κ3) is 3.81. The fourth-order valence-electron chi connectivity index (χ4n) is 3.50. The van der Waals surface area contributed by atoms with E-state index < -0.39 is 5.60 Å². The summed E-state index contributed by atoms with van der Waals surface area (Å²) in [5, 5.41) is 10.0. The fraction of sp³-hybridized carbons (Fsp3) is 0.556. The van der Waals surface area contributed by atoms with Gasteiger partial charge in [0.05, 0.1) is 5.60 Å². The van der Waals surface area contributed by atoms with E-state index in [4.69, 9.17) is 0 Å². The van der Waals surface area contributed by atoms with Gasteiger partial charge in [0.2, 0.25) is 5.91 Å². The maximum absolute atomic E-state index is 12.6. The van der Waals surface area contributed by atoms with Crippen LogP contribution in [-0.2, 0) is 4.79 Å². The maximum Gasteiger partial charge on any atom is 0.253 e. The number of aliphatic hydroxyl groups is 1. The molecule has 1 aromatic carbocycles. The number of carbonyl (C=O) groups is 2. The normalized spacial score (nSPS) is 25.1. The monoisotopic (exact) mass is 394 g/mol. The van der Waals surface area contributed by atoms with E-state index in [9.17, 15) is 14.7 Å². The van der Waals surface area contributed by atoms with Crippen LogP contribution >= 0.6 is 15.9 Å². The van der Waals surface area contributed by atoms with Gasteiger partial charge in [-0.05, 0) is 50.5 Å².